The van der Waals surface area contributed by atoms with Gasteiger partial charge in [-0.15, -0.1) is 0 Å². The van der Waals surface area contributed by atoms with Crippen LogP contribution in [0.15, 0.2) is 53.9 Å². The van der Waals surface area contributed by atoms with E-state index in [-0.39, 0.29) is 5.91 Å². The van der Waals surface area contributed by atoms with Gasteiger partial charge in [0.15, 0.2) is 0 Å². The topological polar surface area (TPSA) is 32.3 Å². The van der Waals surface area contributed by atoms with Crippen LogP contribution in [0, 0.1) is 0 Å². The summed E-state index contributed by atoms with van der Waals surface area (Å²) in [6.45, 7) is 6.92. The van der Waals surface area contributed by atoms with Crippen LogP contribution in [0.1, 0.15) is 31.1 Å². The summed E-state index contributed by atoms with van der Waals surface area (Å²) in [6.07, 6.45) is 3.96. The molecule has 1 aliphatic heterocycles. The third-order valence-electron chi connectivity index (χ3n) is 2.70. The highest BCUT2D eigenvalue weighted by Gasteiger charge is 2.12. The van der Waals surface area contributed by atoms with Crippen LogP contribution in [0.4, 0.5) is 0 Å². The maximum atomic E-state index is 11.9. The fraction of sp³-hybridized carbons (Fsp3) is 0.312. The standard InChI is InChI=1S/C14H16N2O.C2H6/c1-11-8-9-13(16(2)10-11)15-14(17)12-6-4-3-5-7-12;1-2/h3-9H,10H2,1-2H3,(H,15,17);1-2H3. The summed E-state index contributed by atoms with van der Waals surface area (Å²) in [6, 6.07) is 9.23. The Bertz CT molecular complexity index is 475. The van der Waals surface area contributed by atoms with E-state index in [2.05, 4.69) is 12.2 Å². The van der Waals surface area contributed by atoms with Crippen LogP contribution in [0.2, 0.25) is 0 Å². The molecule has 19 heavy (non-hydrogen) atoms. The van der Waals surface area contributed by atoms with Crippen molar-refractivity contribution in [1.82, 2.24) is 10.2 Å². The minimum absolute atomic E-state index is 0.0725. The average Bonchev–Trinajstić information content (AvgIpc) is 2.45. The minimum atomic E-state index is -0.0725. The van der Waals surface area contributed by atoms with Crippen molar-refractivity contribution in [3.05, 3.63) is 59.4 Å². The Hall–Kier alpha value is -2.03. The fourth-order valence-electron chi connectivity index (χ4n) is 1.78. The highest BCUT2D eigenvalue weighted by atomic mass is 16.1. The van der Waals surface area contributed by atoms with Crippen LogP contribution in [0.25, 0.3) is 0 Å². The number of nitrogens with zero attached hydrogens (tertiary/aromatic N) is 1. The maximum Gasteiger partial charge on any atom is 0.256 e. The number of carbonyl (C=O) groups is 1. The normalized spacial score (nSPS) is 13.8. The molecule has 0 aromatic heterocycles. The summed E-state index contributed by atoms with van der Waals surface area (Å²) >= 11 is 0. The Balaban J connectivity index is 0.000000861. The van der Waals surface area contributed by atoms with Crippen LogP contribution in [0.5, 0.6) is 0 Å². The number of rotatable bonds is 2. The van der Waals surface area contributed by atoms with Crippen molar-refractivity contribution < 1.29 is 4.79 Å². The number of benzene rings is 1. The first kappa shape index (κ1) is 15.0. The molecule has 2 rings (SSSR count). The van der Waals surface area contributed by atoms with Crippen molar-refractivity contribution >= 4 is 5.91 Å². The molecule has 0 aliphatic carbocycles. The highest BCUT2D eigenvalue weighted by molar-refractivity contribution is 5.95. The molecule has 102 valence electrons. The summed E-state index contributed by atoms with van der Waals surface area (Å²) in [5, 5.41) is 2.91. The molecule has 0 radical (unpaired) electrons. The van der Waals surface area contributed by atoms with Gasteiger partial charge >= 0.3 is 0 Å². The van der Waals surface area contributed by atoms with E-state index >= 15 is 0 Å². The van der Waals surface area contributed by atoms with Gasteiger partial charge in [0.05, 0.1) is 0 Å². The Labute approximate surface area is 115 Å². The van der Waals surface area contributed by atoms with E-state index < -0.39 is 0 Å². The van der Waals surface area contributed by atoms with Crippen molar-refractivity contribution in [1.29, 1.82) is 0 Å². The molecule has 1 heterocycles. The molecule has 0 spiro atoms. The summed E-state index contributed by atoms with van der Waals surface area (Å²) in [7, 11) is 1.97. The van der Waals surface area contributed by atoms with E-state index in [0.29, 0.717) is 5.56 Å². The van der Waals surface area contributed by atoms with Crippen LogP contribution in [-0.4, -0.2) is 24.4 Å². The smallest absolute Gasteiger partial charge is 0.256 e. The molecule has 1 aromatic rings. The lowest BCUT2D eigenvalue weighted by Crippen LogP contribution is -2.35. The lowest BCUT2D eigenvalue weighted by Gasteiger charge is -2.26. The second kappa shape index (κ2) is 7.41. The number of allylic oxidation sites excluding steroid dienone is 2. The summed E-state index contributed by atoms with van der Waals surface area (Å²) < 4.78 is 0. The predicted molar refractivity (Wildman–Crippen MR) is 79.7 cm³/mol. The maximum absolute atomic E-state index is 11.9. The lowest BCUT2D eigenvalue weighted by atomic mass is 10.2. The molecule has 1 N–H and O–H groups in total. The van der Waals surface area contributed by atoms with Crippen molar-refractivity contribution in [2.45, 2.75) is 20.8 Å². The molecule has 0 saturated heterocycles. The molecule has 1 amide bonds. The van der Waals surface area contributed by atoms with Gasteiger partial charge in [-0.1, -0.05) is 43.7 Å². The number of nitrogens with one attached hydrogen (secondary N) is 1. The molecule has 3 nitrogen and oxygen atoms in total. The lowest BCUT2D eigenvalue weighted by molar-refractivity contribution is 0.0954. The molecule has 0 atom stereocenters. The van der Waals surface area contributed by atoms with Gasteiger partial charge in [0.1, 0.15) is 5.82 Å². The van der Waals surface area contributed by atoms with Crippen LogP contribution < -0.4 is 5.32 Å². The predicted octanol–water partition coefficient (Wildman–Crippen LogP) is 3.18. The Morgan fingerprint density at radius 3 is 2.37 bits per heavy atom. The second-order valence-corrected chi connectivity index (χ2v) is 4.24. The minimum Gasteiger partial charge on any atom is -0.357 e. The molecule has 0 unspecified atom stereocenters. The van der Waals surface area contributed by atoms with Crippen molar-refractivity contribution in [3.63, 3.8) is 0 Å². The van der Waals surface area contributed by atoms with Gasteiger partial charge < -0.3 is 10.2 Å². The monoisotopic (exact) mass is 258 g/mol. The van der Waals surface area contributed by atoms with E-state index in [0.717, 1.165) is 12.4 Å². The number of likely N-dealkylation sites (N-methyl/N-ethyl adjacent to an activating group) is 1. The van der Waals surface area contributed by atoms with Gasteiger partial charge in [-0.25, -0.2) is 0 Å². The Morgan fingerprint density at radius 1 is 1.16 bits per heavy atom. The Morgan fingerprint density at radius 2 is 1.79 bits per heavy atom. The van der Waals surface area contributed by atoms with E-state index in [1.165, 1.54) is 5.57 Å². The Kier molecular flexibility index (Phi) is 5.86. The van der Waals surface area contributed by atoms with E-state index in [1.54, 1.807) is 12.1 Å². The summed E-state index contributed by atoms with van der Waals surface area (Å²) in [5.41, 5.74) is 1.96. The zero-order chi connectivity index (χ0) is 14.3. The molecule has 0 saturated carbocycles. The van der Waals surface area contributed by atoms with E-state index in [4.69, 9.17) is 0 Å². The SMILES string of the molecule is CC.CC1=CC=C(NC(=O)c2ccccc2)N(C)C1. The molecular formula is C16H22N2O. The van der Waals surface area contributed by atoms with Crippen molar-refractivity contribution in [2.24, 2.45) is 0 Å². The average molecular weight is 258 g/mol. The van der Waals surface area contributed by atoms with Gasteiger partial charge in [-0.05, 0) is 25.1 Å². The second-order valence-electron chi connectivity index (χ2n) is 4.24. The molecular weight excluding hydrogens is 236 g/mol. The van der Waals surface area contributed by atoms with Gasteiger partial charge in [-0.3, -0.25) is 4.79 Å². The molecule has 1 aliphatic rings. The van der Waals surface area contributed by atoms with Crippen LogP contribution in [0.3, 0.4) is 0 Å². The summed E-state index contributed by atoms with van der Waals surface area (Å²) in [4.78, 5) is 14.0. The van der Waals surface area contributed by atoms with E-state index in [9.17, 15) is 4.79 Å². The number of amides is 1. The molecule has 1 aromatic carbocycles. The molecule has 3 heteroatoms. The van der Waals surface area contributed by atoms with Gasteiger partial charge in [-0.2, -0.15) is 0 Å². The first-order chi connectivity index (χ1) is 9.16. The van der Waals surface area contributed by atoms with Crippen LogP contribution >= 0.6 is 0 Å². The number of hydrogen-bond donors (Lipinski definition) is 1. The van der Waals surface area contributed by atoms with Crippen LogP contribution in [-0.2, 0) is 0 Å². The summed E-state index contributed by atoms with van der Waals surface area (Å²) in [5.74, 6) is 0.765. The zero-order valence-electron chi connectivity index (χ0n) is 12.1. The first-order valence-corrected chi connectivity index (χ1v) is 6.62. The van der Waals surface area contributed by atoms with Gasteiger partial charge in [0.2, 0.25) is 0 Å². The number of hydrogen-bond acceptors (Lipinski definition) is 2. The largest absolute Gasteiger partial charge is 0.357 e. The fourth-order valence-corrected chi connectivity index (χ4v) is 1.78. The number of carbonyl (C=O) groups excluding carboxylic acids is 1. The van der Waals surface area contributed by atoms with E-state index in [1.807, 2.05) is 56.1 Å². The van der Waals surface area contributed by atoms with Gasteiger partial charge in [0, 0.05) is 19.2 Å². The molecule has 0 bridgehead atoms. The highest BCUT2D eigenvalue weighted by Crippen LogP contribution is 2.10. The quantitative estimate of drug-likeness (QED) is 0.883. The van der Waals surface area contributed by atoms with Gasteiger partial charge in [0.25, 0.3) is 5.91 Å². The van der Waals surface area contributed by atoms with Crippen molar-refractivity contribution in [2.75, 3.05) is 13.6 Å². The van der Waals surface area contributed by atoms with Crippen molar-refractivity contribution in [3.8, 4) is 0 Å². The molecule has 0 fully saturated rings. The first-order valence-electron chi connectivity index (χ1n) is 6.62. The third-order valence-corrected chi connectivity index (χ3v) is 2.70. The third kappa shape index (κ3) is 4.28. The zero-order valence-corrected chi connectivity index (χ0v) is 12.1.